The molecule has 0 atom stereocenters. The summed E-state index contributed by atoms with van der Waals surface area (Å²) < 4.78 is 15.7. The van der Waals surface area contributed by atoms with Gasteiger partial charge in [0.2, 0.25) is 0 Å². The topological polar surface area (TPSA) is 46.5 Å². The van der Waals surface area contributed by atoms with Gasteiger partial charge in [-0.2, -0.15) is 5.10 Å². The van der Waals surface area contributed by atoms with Crippen LogP contribution in [0.25, 0.3) is 11.4 Å². The van der Waals surface area contributed by atoms with E-state index in [-0.39, 0.29) is 0 Å². The van der Waals surface area contributed by atoms with E-state index < -0.39 is 5.82 Å². The Hall–Kier alpha value is -1.56. The van der Waals surface area contributed by atoms with Gasteiger partial charge >= 0.3 is 0 Å². The monoisotopic (exact) mass is 224 g/mol. The summed E-state index contributed by atoms with van der Waals surface area (Å²) in [5, 5.41) is 6.64. The zero-order valence-electron chi connectivity index (χ0n) is 8.07. The van der Waals surface area contributed by atoms with Crippen LogP contribution in [0, 0.1) is 10.6 Å². The van der Waals surface area contributed by atoms with Crippen LogP contribution in [-0.2, 0) is 6.54 Å². The number of pyridine rings is 1. The van der Waals surface area contributed by atoms with Crippen LogP contribution in [0.5, 0.6) is 0 Å². The summed E-state index contributed by atoms with van der Waals surface area (Å²) in [6.45, 7) is 2.57. The Balaban J connectivity index is 2.64. The Morgan fingerprint density at radius 1 is 1.60 bits per heavy atom. The minimum Gasteiger partial charge on any atom is -0.300 e. The van der Waals surface area contributed by atoms with Gasteiger partial charge in [-0.1, -0.05) is 0 Å². The van der Waals surface area contributed by atoms with Gasteiger partial charge in [-0.3, -0.25) is 10.1 Å². The van der Waals surface area contributed by atoms with E-state index in [1.165, 1.54) is 6.20 Å². The first-order valence-electron chi connectivity index (χ1n) is 4.49. The Labute approximate surface area is 90.8 Å². The molecule has 0 spiro atoms. The number of nitrogens with zero attached hydrogens (tertiary/aromatic N) is 3. The van der Waals surface area contributed by atoms with Gasteiger partial charge in [0.15, 0.2) is 16.4 Å². The molecule has 4 nitrogen and oxygen atoms in total. The average Bonchev–Trinajstić information content (AvgIpc) is 2.60. The lowest BCUT2D eigenvalue weighted by atomic mass is 10.2. The maximum Gasteiger partial charge on any atom is 0.195 e. The van der Waals surface area contributed by atoms with Crippen molar-refractivity contribution in [3.05, 3.63) is 29.0 Å². The number of aromatic amines is 1. The summed E-state index contributed by atoms with van der Waals surface area (Å²) in [5.41, 5.74) is 0.402. The van der Waals surface area contributed by atoms with E-state index in [0.717, 1.165) is 6.20 Å². The van der Waals surface area contributed by atoms with Crippen LogP contribution in [0.1, 0.15) is 6.92 Å². The standard InChI is InChI=1S/C9H9FN4S/c1-2-14-8(12-13-9(14)15)6-3-4-11-5-7(6)10/h3-5H,2H2,1H3,(H,13,15). The first kappa shape index (κ1) is 9.97. The van der Waals surface area contributed by atoms with Crippen molar-refractivity contribution < 1.29 is 4.39 Å². The van der Waals surface area contributed by atoms with E-state index >= 15 is 0 Å². The minimum absolute atomic E-state index is 0.402. The van der Waals surface area contributed by atoms with Gasteiger partial charge in [0.05, 0.1) is 11.8 Å². The molecular formula is C9H9FN4S. The van der Waals surface area contributed by atoms with Crippen molar-refractivity contribution in [1.29, 1.82) is 0 Å². The molecule has 0 aliphatic rings. The fraction of sp³-hybridized carbons (Fsp3) is 0.222. The van der Waals surface area contributed by atoms with Crippen LogP contribution in [0.15, 0.2) is 18.5 Å². The molecule has 0 unspecified atom stereocenters. The van der Waals surface area contributed by atoms with E-state index in [2.05, 4.69) is 15.2 Å². The molecule has 6 heteroatoms. The van der Waals surface area contributed by atoms with Crippen LogP contribution >= 0.6 is 12.2 Å². The van der Waals surface area contributed by atoms with Crippen LogP contribution in [-0.4, -0.2) is 19.7 Å². The molecule has 0 bridgehead atoms. The molecular weight excluding hydrogens is 215 g/mol. The maximum atomic E-state index is 13.4. The molecule has 0 aliphatic heterocycles. The van der Waals surface area contributed by atoms with Gasteiger partial charge in [-0.05, 0) is 25.2 Å². The molecule has 2 heterocycles. The van der Waals surface area contributed by atoms with Gasteiger partial charge in [-0.15, -0.1) is 0 Å². The SMILES string of the molecule is CCn1c(-c2ccncc2F)n[nH]c1=S. The fourth-order valence-electron chi connectivity index (χ4n) is 1.37. The number of aromatic nitrogens is 4. The van der Waals surface area contributed by atoms with Crippen molar-refractivity contribution in [2.45, 2.75) is 13.5 Å². The predicted molar refractivity (Wildman–Crippen MR) is 56.3 cm³/mol. The zero-order chi connectivity index (χ0) is 10.8. The summed E-state index contributed by atoms with van der Waals surface area (Å²) in [6, 6.07) is 1.58. The first-order chi connectivity index (χ1) is 7.24. The van der Waals surface area contributed by atoms with E-state index in [0.29, 0.717) is 22.7 Å². The summed E-state index contributed by atoms with van der Waals surface area (Å²) in [4.78, 5) is 3.68. The van der Waals surface area contributed by atoms with Gasteiger partial charge in [0.25, 0.3) is 0 Å². The third kappa shape index (κ3) is 1.68. The molecule has 1 N–H and O–H groups in total. The number of H-pyrrole nitrogens is 1. The van der Waals surface area contributed by atoms with Crippen molar-refractivity contribution in [3.8, 4) is 11.4 Å². The third-order valence-corrected chi connectivity index (χ3v) is 2.40. The molecule has 0 fully saturated rings. The van der Waals surface area contributed by atoms with Gasteiger partial charge < -0.3 is 4.57 Å². The second-order valence-corrected chi connectivity index (χ2v) is 3.34. The van der Waals surface area contributed by atoms with Crippen LogP contribution < -0.4 is 0 Å². The Morgan fingerprint density at radius 3 is 3.07 bits per heavy atom. The molecule has 2 aromatic heterocycles. The normalized spacial score (nSPS) is 10.5. The summed E-state index contributed by atoms with van der Waals surface area (Å²) in [5.74, 6) is 0.101. The largest absolute Gasteiger partial charge is 0.300 e. The Kier molecular flexibility index (Phi) is 2.59. The highest BCUT2D eigenvalue weighted by atomic mass is 32.1. The van der Waals surface area contributed by atoms with Crippen molar-refractivity contribution in [3.63, 3.8) is 0 Å². The average molecular weight is 224 g/mol. The lowest BCUT2D eigenvalue weighted by molar-refractivity contribution is 0.620. The van der Waals surface area contributed by atoms with Crippen molar-refractivity contribution in [2.75, 3.05) is 0 Å². The molecule has 0 saturated heterocycles. The first-order valence-corrected chi connectivity index (χ1v) is 4.90. The van der Waals surface area contributed by atoms with E-state index in [4.69, 9.17) is 12.2 Å². The molecule has 0 radical (unpaired) electrons. The van der Waals surface area contributed by atoms with E-state index in [9.17, 15) is 4.39 Å². The van der Waals surface area contributed by atoms with Crippen LogP contribution in [0.2, 0.25) is 0 Å². The lowest BCUT2D eigenvalue weighted by Crippen LogP contribution is -1.99. The van der Waals surface area contributed by atoms with E-state index in [1.54, 1.807) is 10.6 Å². The quantitative estimate of drug-likeness (QED) is 0.795. The lowest BCUT2D eigenvalue weighted by Gasteiger charge is -2.03. The summed E-state index contributed by atoms with van der Waals surface area (Å²) in [7, 11) is 0. The number of halogens is 1. The van der Waals surface area contributed by atoms with E-state index in [1.807, 2.05) is 6.92 Å². The smallest absolute Gasteiger partial charge is 0.195 e. The number of hydrogen-bond acceptors (Lipinski definition) is 3. The fourth-order valence-corrected chi connectivity index (χ4v) is 1.63. The highest BCUT2D eigenvalue weighted by Gasteiger charge is 2.11. The summed E-state index contributed by atoms with van der Waals surface area (Å²) in [6.07, 6.45) is 2.68. The van der Waals surface area contributed by atoms with Crippen LogP contribution in [0.4, 0.5) is 4.39 Å². The number of nitrogens with one attached hydrogen (secondary N) is 1. The molecule has 0 aromatic carbocycles. The highest BCUT2D eigenvalue weighted by Crippen LogP contribution is 2.19. The second kappa shape index (κ2) is 3.90. The minimum atomic E-state index is -0.402. The Morgan fingerprint density at radius 2 is 2.40 bits per heavy atom. The molecule has 0 aliphatic carbocycles. The predicted octanol–water partition coefficient (Wildman–Crippen LogP) is 2.16. The number of rotatable bonds is 2. The highest BCUT2D eigenvalue weighted by molar-refractivity contribution is 7.71. The summed E-state index contributed by atoms with van der Waals surface area (Å²) >= 11 is 5.02. The molecule has 2 aromatic rings. The second-order valence-electron chi connectivity index (χ2n) is 2.95. The maximum absolute atomic E-state index is 13.4. The molecule has 15 heavy (non-hydrogen) atoms. The molecule has 0 amide bonds. The molecule has 2 rings (SSSR count). The van der Waals surface area contributed by atoms with Gasteiger partial charge in [0, 0.05) is 12.7 Å². The van der Waals surface area contributed by atoms with Gasteiger partial charge in [-0.25, -0.2) is 4.39 Å². The van der Waals surface area contributed by atoms with Crippen LogP contribution in [0.3, 0.4) is 0 Å². The molecule has 0 saturated carbocycles. The number of hydrogen-bond donors (Lipinski definition) is 1. The zero-order valence-corrected chi connectivity index (χ0v) is 8.88. The van der Waals surface area contributed by atoms with Gasteiger partial charge in [0.1, 0.15) is 0 Å². The Bertz CT molecular complexity index is 531. The van der Waals surface area contributed by atoms with Crippen molar-refractivity contribution in [2.24, 2.45) is 0 Å². The molecule has 78 valence electrons. The van der Waals surface area contributed by atoms with Crippen molar-refractivity contribution in [1.82, 2.24) is 19.7 Å². The van der Waals surface area contributed by atoms with Crippen molar-refractivity contribution >= 4 is 12.2 Å². The third-order valence-electron chi connectivity index (χ3n) is 2.09.